The van der Waals surface area contributed by atoms with Gasteiger partial charge in [0.25, 0.3) is 5.91 Å². The lowest BCUT2D eigenvalue weighted by Crippen LogP contribution is -2.61. The number of aliphatic carboxylic acids is 1. The quantitative estimate of drug-likeness (QED) is 0.895. The normalized spacial score (nSPS) is 14.5. The lowest BCUT2D eigenvalue weighted by molar-refractivity contribution is -0.203. The monoisotopic (exact) mass is 329 g/mol. The summed E-state index contributed by atoms with van der Waals surface area (Å²) in [5, 5.41) is 9.72. The maximum absolute atomic E-state index is 12.8. The summed E-state index contributed by atoms with van der Waals surface area (Å²) in [6, 6.07) is 3.88. The van der Waals surface area contributed by atoms with Gasteiger partial charge in [0.05, 0.1) is 15.6 Å². The van der Waals surface area contributed by atoms with Crippen molar-refractivity contribution in [2.45, 2.75) is 18.6 Å². The number of rotatable bonds is 3. The van der Waals surface area contributed by atoms with Crippen LogP contribution in [0.25, 0.3) is 0 Å². The molecule has 0 aliphatic heterocycles. The zero-order valence-electron chi connectivity index (χ0n) is 9.89. The second kappa shape index (κ2) is 5.49. The highest BCUT2D eigenvalue weighted by atomic mass is 35.5. The van der Waals surface area contributed by atoms with Gasteiger partial charge in [0.2, 0.25) is 5.54 Å². The molecular formula is C11H8Cl2F3NO3. The Kier molecular flexibility index (Phi) is 4.55. The largest absolute Gasteiger partial charge is 0.479 e. The third kappa shape index (κ3) is 2.99. The molecule has 110 valence electrons. The summed E-state index contributed by atoms with van der Waals surface area (Å²) in [5.74, 6) is -3.58. The highest BCUT2D eigenvalue weighted by Gasteiger charge is 2.58. The second-order valence-corrected chi connectivity index (χ2v) is 4.79. The number of halogens is 5. The molecular weight excluding hydrogens is 322 g/mol. The van der Waals surface area contributed by atoms with Crippen molar-refractivity contribution in [3.8, 4) is 0 Å². The number of carboxylic acid groups (broad SMARTS) is 1. The van der Waals surface area contributed by atoms with E-state index in [2.05, 4.69) is 0 Å². The first-order valence-corrected chi connectivity index (χ1v) is 5.83. The van der Waals surface area contributed by atoms with Crippen LogP contribution in [-0.2, 0) is 4.79 Å². The van der Waals surface area contributed by atoms with Crippen LogP contribution in [-0.4, -0.2) is 28.7 Å². The van der Waals surface area contributed by atoms with Crippen LogP contribution in [0.2, 0.25) is 10.0 Å². The molecule has 0 fully saturated rings. The van der Waals surface area contributed by atoms with Gasteiger partial charge in [-0.2, -0.15) is 13.2 Å². The van der Waals surface area contributed by atoms with Crippen molar-refractivity contribution in [1.82, 2.24) is 5.32 Å². The molecule has 0 spiro atoms. The number of hydrogen-bond acceptors (Lipinski definition) is 2. The number of nitrogens with one attached hydrogen (secondary N) is 1. The fourth-order valence-electron chi connectivity index (χ4n) is 1.25. The van der Waals surface area contributed by atoms with E-state index in [9.17, 15) is 22.8 Å². The van der Waals surface area contributed by atoms with E-state index in [0.717, 1.165) is 0 Å². The van der Waals surface area contributed by atoms with Gasteiger partial charge in [0.1, 0.15) is 0 Å². The van der Waals surface area contributed by atoms with Crippen molar-refractivity contribution in [2.75, 3.05) is 0 Å². The maximum atomic E-state index is 12.8. The topological polar surface area (TPSA) is 66.4 Å². The number of hydrogen-bond donors (Lipinski definition) is 2. The molecule has 0 saturated carbocycles. The molecule has 0 radical (unpaired) electrons. The lowest BCUT2D eigenvalue weighted by Gasteiger charge is -2.28. The van der Waals surface area contributed by atoms with Gasteiger partial charge in [-0.1, -0.05) is 29.3 Å². The maximum Gasteiger partial charge on any atom is 0.422 e. The number of alkyl halides is 3. The second-order valence-electron chi connectivity index (χ2n) is 3.98. The Morgan fingerprint density at radius 2 is 1.65 bits per heavy atom. The van der Waals surface area contributed by atoms with E-state index in [0.29, 0.717) is 6.92 Å². The van der Waals surface area contributed by atoms with Crippen molar-refractivity contribution >= 4 is 35.1 Å². The molecule has 0 bridgehead atoms. The SMILES string of the molecule is CC(NC(=O)c1c(Cl)cccc1Cl)(C(=O)O)C(F)(F)F. The molecule has 20 heavy (non-hydrogen) atoms. The fraction of sp³-hybridized carbons (Fsp3) is 0.273. The average molecular weight is 330 g/mol. The Hall–Kier alpha value is -1.47. The molecule has 1 amide bonds. The summed E-state index contributed by atoms with van der Waals surface area (Å²) in [5.41, 5.74) is -3.88. The minimum absolute atomic E-state index is 0.190. The summed E-state index contributed by atoms with van der Waals surface area (Å²) < 4.78 is 38.3. The van der Waals surface area contributed by atoms with Crippen LogP contribution in [0.4, 0.5) is 13.2 Å². The summed E-state index contributed by atoms with van der Waals surface area (Å²) >= 11 is 11.3. The summed E-state index contributed by atoms with van der Waals surface area (Å²) in [6.07, 6.45) is -5.19. The molecule has 1 aromatic carbocycles. The predicted molar refractivity (Wildman–Crippen MR) is 66.0 cm³/mol. The molecule has 1 atom stereocenters. The summed E-state index contributed by atoms with van der Waals surface area (Å²) in [7, 11) is 0. The van der Waals surface area contributed by atoms with Gasteiger partial charge in [0, 0.05) is 0 Å². The van der Waals surface area contributed by atoms with Crippen molar-refractivity contribution < 1.29 is 27.9 Å². The standard InChI is InChI=1S/C11H8Cl2F3NO3/c1-10(9(19)20,11(14,15)16)17-8(18)7-5(12)3-2-4-6(7)13/h2-4H,1H3,(H,17,18)(H,19,20). The smallest absolute Gasteiger partial charge is 0.422 e. The first-order chi connectivity index (χ1) is 9.00. The molecule has 1 aromatic rings. The van der Waals surface area contributed by atoms with Crippen LogP contribution < -0.4 is 5.32 Å². The zero-order chi connectivity index (χ0) is 15.7. The summed E-state index contributed by atoms with van der Waals surface area (Å²) in [6.45, 7) is 0.331. The van der Waals surface area contributed by atoms with Crippen LogP contribution in [0.3, 0.4) is 0 Å². The molecule has 0 aliphatic carbocycles. The molecule has 0 heterocycles. The van der Waals surface area contributed by atoms with Crippen LogP contribution in [0.5, 0.6) is 0 Å². The predicted octanol–water partition coefficient (Wildman–Crippen LogP) is 3.13. The Bertz CT molecular complexity index is 542. The van der Waals surface area contributed by atoms with E-state index in [-0.39, 0.29) is 10.0 Å². The molecule has 4 nitrogen and oxygen atoms in total. The minimum atomic E-state index is -5.19. The third-order valence-corrected chi connectivity index (χ3v) is 3.18. The number of carbonyl (C=O) groups excluding carboxylic acids is 1. The van der Waals surface area contributed by atoms with Gasteiger partial charge in [0.15, 0.2) is 0 Å². The molecule has 1 rings (SSSR count). The Morgan fingerprint density at radius 3 is 2.00 bits per heavy atom. The van der Waals surface area contributed by atoms with Crippen LogP contribution in [0.15, 0.2) is 18.2 Å². The number of amides is 1. The minimum Gasteiger partial charge on any atom is -0.479 e. The highest BCUT2D eigenvalue weighted by Crippen LogP contribution is 2.32. The van der Waals surface area contributed by atoms with E-state index >= 15 is 0 Å². The van der Waals surface area contributed by atoms with Gasteiger partial charge >= 0.3 is 12.1 Å². The van der Waals surface area contributed by atoms with Gasteiger partial charge in [-0.25, -0.2) is 4.79 Å². The van der Waals surface area contributed by atoms with Crippen LogP contribution in [0, 0.1) is 0 Å². The van der Waals surface area contributed by atoms with Gasteiger partial charge < -0.3 is 10.4 Å². The van der Waals surface area contributed by atoms with E-state index in [4.69, 9.17) is 28.3 Å². The van der Waals surface area contributed by atoms with Gasteiger partial charge in [-0.3, -0.25) is 4.79 Å². The zero-order valence-corrected chi connectivity index (χ0v) is 11.4. The lowest BCUT2D eigenvalue weighted by atomic mass is 10.0. The molecule has 0 aromatic heterocycles. The van der Waals surface area contributed by atoms with Gasteiger partial charge in [-0.15, -0.1) is 0 Å². The highest BCUT2D eigenvalue weighted by molar-refractivity contribution is 6.39. The summed E-state index contributed by atoms with van der Waals surface area (Å²) in [4.78, 5) is 22.6. The van der Waals surface area contributed by atoms with Gasteiger partial charge in [-0.05, 0) is 19.1 Å². The molecule has 0 saturated heterocycles. The number of carbonyl (C=O) groups is 2. The first-order valence-electron chi connectivity index (χ1n) is 5.07. The molecule has 0 aliphatic rings. The number of carboxylic acids is 1. The van der Waals surface area contributed by atoms with Crippen molar-refractivity contribution in [1.29, 1.82) is 0 Å². The molecule has 1 unspecified atom stereocenters. The average Bonchev–Trinajstić information content (AvgIpc) is 2.26. The fourth-order valence-corrected chi connectivity index (χ4v) is 1.82. The van der Waals surface area contributed by atoms with Crippen molar-refractivity contribution in [3.05, 3.63) is 33.8 Å². The van der Waals surface area contributed by atoms with E-state index in [1.54, 1.807) is 0 Å². The third-order valence-electron chi connectivity index (χ3n) is 2.55. The van der Waals surface area contributed by atoms with Crippen LogP contribution in [0.1, 0.15) is 17.3 Å². The first kappa shape index (κ1) is 16.6. The molecule has 2 N–H and O–H groups in total. The van der Waals surface area contributed by atoms with E-state index in [1.165, 1.54) is 23.5 Å². The van der Waals surface area contributed by atoms with E-state index < -0.39 is 29.2 Å². The molecule has 9 heteroatoms. The Labute approximate surface area is 121 Å². The van der Waals surface area contributed by atoms with Crippen molar-refractivity contribution in [2.24, 2.45) is 0 Å². The Morgan fingerprint density at radius 1 is 1.20 bits per heavy atom. The van der Waals surface area contributed by atoms with E-state index in [1.807, 2.05) is 0 Å². The van der Waals surface area contributed by atoms with Crippen molar-refractivity contribution in [3.63, 3.8) is 0 Å². The number of benzene rings is 1. The Balaban J connectivity index is 3.20. The van der Waals surface area contributed by atoms with Crippen LogP contribution >= 0.6 is 23.2 Å².